The number of halogens is 3. The maximum Gasteiger partial charge on any atom is 0.237 e. The number of nitrogens with zero attached hydrogens (tertiary/aromatic N) is 3. The monoisotopic (exact) mass is 424 g/mol. The lowest BCUT2D eigenvalue weighted by atomic mass is 10.2. The van der Waals surface area contributed by atoms with Gasteiger partial charge in [-0.05, 0) is 37.3 Å². The number of hydrogen-bond acceptors (Lipinski definition) is 4. The molecule has 0 radical (unpaired) electrons. The average Bonchev–Trinajstić information content (AvgIpc) is 2.98. The van der Waals surface area contributed by atoms with E-state index in [0.717, 1.165) is 11.6 Å². The highest BCUT2D eigenvalue weighted by molar-refractivity contribution is 8.00. The molecule has 1 atom stereocenters. The first kappa shape index (κ1) is 19.7. The molecule has 0 bridgehead atoms. The number of amides is 1. The number of aromatic nitrogens is 3. The van der Waals surface area contributed by atoms with Crippen LogP contribution in [-0.4, -0.2) is 25.9 Å². The second-order valence-corrected chi connectivity index (χ2v) is 7.87. The van der Waals surface area contributed by atoms with E-state index in [9.17, 15) is 9.18 Å². The summed E-state index contributed by atoms with van der Waals surface area (Å²) in [6, 6.07) is 11.4. The van der Waals surface area contributed by atoms with Crippen molar-refractivity contribution in [3.63, 3.8) is 0 Å². The Bertz CT molecular complexity index is 995. The molecule has 0 saturated carbocycles. The maximum absolute atomic E-state index is 13.8. The second kappa shape index (κ2) is 8.29. The number of anilines is 1. The van der Waals surface area contributed by atoms with Gasteiger partial charge in [0.1, 0.15) is 5.82 Å². The first-order valence-electron chi connectivity index (χ1n) is 7.93. The zero-order chi connectivity index (χ0) is 19.6. The minimum absolute atomic E-state index is 0.0755. The van der Waals surface area contributed by atoms with Crippen molar-refractivity contribution in [2.75, 3.05) is 5.32 Å². The van der Waals surface area contributed by atoms with Crippen molar-refractivity contribution >= 4 is 46.6 Å². The van der Waals surface area contributed by atoms with E-state index in [2.05, 4.69) is 15.5 Å². The Morgan fingerprint density at radius 1 is 1.22 bits per heavy atom. The Morgan fingerprint density at radius 2 is 1.96 bits per heavy atom. The molecule has 1 unspecified atom stereocenters. The number of carbonyl (C=O) groups excluding carboxylic acids is 1. The van der Waals surface area contributed by atoms with Crippen LogP contribution in [-0.2, 0) is 11.8 Å². The topological polar surface area (TPSA) is 59.8 Å². The molecule has 1 amide bonds. The van der Waals surface area contributed by atoms with Crippen molar-refractivity contribution < 1.29 is 9.18 Å². The molecule has 3 rings (SSSR count). The molecule has 0 aliphatic heterocycles. The van der Waals surface area contributed by atoms with E-state index < -0.39 is 11.1 Å². The van der Waals surface area contributed by atoms with Gasteiger partial charge in [-0.3, -0.25) is 4.79 Å². The fourth-order valence-electron chi connectivity index (χ4n) is 2.33. The molecule has 1 N–H and O–H groups in total. The third kappa shape index (κ3) is 4.43. The molecule has 9 heteroatoms. The summed E-state index contributed by atoms with van der Waals surface area (Å²) in [5.41, 5.74) is 0.827. The third-order valence-corrected chi connectivity index (χ3v) is 5.49. The largest absolute Gasteiger partial charge is 0.323 e. The molecule has 27 heavy (non-hydrogen) atoms. The van der Waals surface area contributed by atoms with Crippen molar-refractivity contribution in [2.24, 2.45) is 7.05 Å². The maximum atomic E-state index is 13.8. The van der Waals surface area contributed by atoms with Gasteiger partial charge in [-0.2, -0.15) is 0 Å². The van der Waals surface area contributed by atoms with Crippen LogP contribution < -0.4 is 5.32 Å². The van der Waals surface area contributed by atoms with Gasteiger partial charge >= 0.3 is 0 Å². The van der Waals surface area contributed by atoms with Crippen molar-refractivity contribution in [3.05, 3.63) is 58.3 Å². The molecular weight excluding hydrogens is 410 g/mol. The van der Waals surface area contributed by atoms with Crippen LogP contribution in [0.25, 0.3) is 11.4 Å². The summed E-state index contributed by atoms with van der Waals surface area (Å²) in [4.78, 5) is 12.4. The van der Waals surface area contributed by atoms with Gasteiger partial charge in [-0.15, -0.1) is 10.2 Å². The molecule has 5 nitrogen and oxygen atoms in total. The third-order valence-electron chi connectivity index (χ3n) is 3.79. The highest BCUT2D eigenvalue weighted by Gasteiger charge is 2.21. The lowest BCUT2D eigenvalue weighted by Crippen LogP contribution is -2.23. The number of hydrogen-bond donors (Lipinski definition) is 1. The Hall–Kier alpha value is -2.09. The Morgan fingerprint density at radius 3 is 2.67 bits per heavy atom. The van der Waals surface area contributed by atoms with E-state index in [1.54, 1.807) is 24.6 Å². The highest BCUT2D eigenvalue weighted by Crippen LogP contribution is 2.30. The van der Waals surface area contributed by atoms with E-state index in [-0.39, 0.29) is 16.6 Å². The average molecular weight is 425 g/mol. The minimum Gasteiger partial charge on any atom is -0.323 e. The van der Waals surface area contributed by atoms with Gasteiger partial charge in [0.2, 0.25) is 5.91 Å². The number of rotatable bonds is 5. The van der Waals surface area contributed by atoms with Crippen molar-refractivity contribution in [2.45, 2.75) is 17.3 Å². The van der Waals surface area contributed by atoms with Gasteiger partial charge in [0.15, 0.2) is 11.0 Å². The van der Waals surface area contributed by atoms with Gasteiger partial charge in [0.25, 0.3) is 0 Å². The van der Waals surface area contributed by atoms with E-state index in [0.29, 0.717) is 16.0 Å². The quantitative estimate of drug-likeness (QED) is 0.582. The van der Waals surface area contributed by atoms with Crippen LogP contribution >= 0.6 is 35.0 Å². The molecule has 1 aromatic heterocycles. The molecule has 0 fully saturated rings. The van der Waals surface area contributed by atoms with Crippen LogP contribution in [0.5, 0.6) is 0 Å². The highest BCUT2D eigenvalue weighted by atomic mass is 35.5. The molecule has 3 aromatic rings. The van der Waals surface area contributed by atoms with Gasteiger partial charge in [-0.25, -0.2) is 4.39 Å². The smallest absolute Gasteiger partial charge is 0.237 e. The van der Waals surface area contributed by atoms with Crippen LogP contribution in [0.4, 0.5) is 10.1 Å². The minimum atomic E-state index is -0.590. The molecule has 1 heterocycles. The first-order valence-corrected chi connectivity index (χ1v) is 9.57. The number of nitrogens with one attached hydrogen (secondary N) is 1. The predicted octanol–water partition coefficient (Wildman–Crippen LogP) is 5.05. The van der Waals surface area contributed by atoms with E-state index in [1.165, 1.54) is 23.9 Å². The first-order chi connectivity index (χ1) is 12.9. The Labute approximate surface area is 169 Å². The van der Waals surface area contributed by atoms with Gasteiger partial charge in [-0.1, -0.05) is 47.1 Å². The number of thioether (sulfide) groups is 1. The van der Waals surface area contributed by atoms with Crippen LogP contribution in [0, 0.1) is 5.82 Å². The summed E-state index contributed by atoms with van der Waals surface area (Å²) in [5, 5.41) is 11.7. The SMILES string of the molecule is CC(Sc1nnc(-c2ccccc2Cl)n1C)C(=O)Nc1ccc(Cl)cc1F. The van der Waals surface area contributed by atoms with Crippen molar-refractivity contribution in [3.8, 4) is 11.4 Å². The summed E-state index contributed by atoms with van der Waals surface area (Å²) < 4.78 is 15.6. The molecular formula is C18H15Cl2FN4OS. The van der Waals surface area contributed by atoms with Crippen LogP contribution in [0.2, 0.25) is 10.0 Å². The summed E-state index contributed by atoms with van der Waals surface area (Å²) in [5.74, 6) is -0.351. The van der Waals surface area contributed by atoms with Crippen LogP contribution in [0.15, 0.2) is 47.6 Å². The van der Waals surface area contributed by atoms with Gasteiger partial charge in [0.05, 0.1) is 16.0 Å². The lowest BCUT2D eigenvalue weighted by molar-refractivity contribution is -0.115. The molecule has 140 valence electrons. The summed E-state index contributed by atoms with van der Waals surface area (Å²) in [6.07, 6.45) is 0. The summed E-state index contributed by atoms with van der Waals surface area (Å²) in [6.45, 7) is 1.71. The summed E-state index contributed by atoms with van der Waals surface area (Å²) in [7, 11) is 1.80. The van der Waals surface area contributed by atoms with Gasteiger partial charge in [0, 0.05) is 17.6 Å². The van der Waals surface area contributed by atoms with E-state index in [1.807, 2.05) is 18.2 Å². The van der Waals surface area contributed by atoms with Gasteiger partial charge < -0.3 is 9.88 Å². The molecule has 0 aliphatic rings. The molecule has 0 aliphatic carbocycles. The molecule has 0 spiro atoms. The Kier molecular flexibility index (Phi) is 6.04. The zero-order valence-electron chi connectivity index (χ0n) is 14.4. The number of benzene rings is 2. The van der Waals surface area contributed by atoms with Crippen LogP contribution in [0.3, 0.4) is 0 Å². The molecule has 0 saturated heterocycles. The van der Waals surface area contributed by atoms with E-state index in [4.69, 9.17) is 23.2 Å². The molecule has 2 aromatic carbocycles. The fourth-order valence-corrected chi connectivity index (χ4v) is 3.53. The standard InChI is InChI=1S/C18H15Cl2FN4OS/c1-10(17(26)22-15-8-7-11(19)9-14(15)21)27-18-24-23-16(25(18)2)12-5-3-4-6-13(12)20/h3-10H,1-2H3,(H,22,26). The predicted molar refractivity (Wildman–Crippen MR) is 107 cm³/mol. The van der Waals surface area contributed by atoms with Crippen LogP contribution in [0.1, 0.15) is 6.92 Å². The summed E-state index contributed by atoms with van der Waals surface area (Å²) >= 11 is 13.1. The second-order valence-electron chi connectivity index (χ2n) is 5.72. The normalized spacial score (nSPS) is 12.0. The van der Waals surface area contributed by atoms with Crippen molar-refractivity contribution in [1.82, 2.24) is 14.8 Å². The van der Waals surface area contributed by atoms with Crippen molar-refractivity contribution in [1.29, 1.82) is 0 Å². The lowest BCUT2D eigenvalue weighted by Gasteiger charge is -2.12. The fraction of sp³-hybridized carbons (Fsp3) is 0.167. The Balaban J connectivity index is 1.73. The zero-order valence-corrected chi connectivity index (χ0v) is 16.7. The number of carbonyl (C=O) groups is 1. The van der Waals surface area contributed by atoms with E-state index >= 15 is 0 Å².